The molecule has 2 aromatic carbocycles. The van der Waals surface area contributed by atoms with Crippen LogP contribution < -0.4 is 24.7 Å². The van der Waals surface area contributed by atoms with Crippen molar-refractivity contribution < 1.29 is 23.7 Å². The summed E-state index contributed by atoms with van der Waals surface area (Å²) in [6.45, 7) is 4.31. The third-order valence-electron chi connectivity index (χ3n) is 3.99. The molecule has 1 aliphatic rings. The molecule has 3 rings (SSSR count). The minimum absolute atomic E-state index is 0.114. The molecule has 0 unspecified atom stereocenters. The van der Waals surface area contributed by atoms with Crippen LogP contribution in [0.15, 0.2) is 35.9 Å². The number of anilines is 1. The van der Waals surface area contributed by atoms with Gasteiger partial charge in [0.15, 0.2) is 17.3 Å². The number of Topliss-reactive ketones (excluding diaryl/α,β-unsaturated/α-hetero) is 1. The first-order valence-corrected chi connectivity index (χ1v) is 8.26. The first-order chi connectivity index (χ1) is 12.5. The lowest BCUT2D eigenvalue weighted by Gasteiger charge is -2.09. The highest BCUT2D eigenvalue weighted by atomic mass is 16.7. The molecule has 0 fully saturated rings. The SMILES string of the molecule is CCOc1ccc(C(=O)/C(C)=C/c2cc(OC)c3c(c2)OCO3)cc1N. The molecule has 2 N–H and O–H groups in total. The molecule has 1 aliphatic heterocycles. The average molecular weight is 355 g/mol. The number of allylic oxidation sites excluding steroid dienone is 1. The molecule has 0 atom stereocenters. The third kappa shape index (κ3) is 3.44. The molecular weight excluding hydrogens is 334 g/mol. The minimum Gasteiger partial charge on any atom is -0.493 e. The molecule has 0 aliphatic carbocycles. The van der Waals surface area contributed by atoms with Gasteiger partial charge in [-0.15, -0.1) is 0 Å². The number of hydrogen-bond acceptors (Lipinski definition) is 6. The monoisotopic (exact) mass is 355 g/mol. The van der Waals surface area contributed by atoms with Gasteiger partial charge in [-0.1, -0.05) is 0 Å². The smallest absolute Gasteiger partial charge is 0.231 e. The largest absolute Gasteiger partial charge is 0.493 e. The van der Waals surface area contributed by atoms with E-state index < -0.39 is 0 Å². The summed E-state index contributed by atoms with van der Waals surface area (Å²) in [5.74, 6) is 2.20. The van der Waals surface area contributed by atoms with Crippen LogP contribution in [0.1, 0.15) is 29.8 Å². The van der Waals surface area contributed by atoms with E-state index in [0.717, 1.165) is 5.56 Å². The number of fused-ring (bicyclic) bond motifs is 1. The Bertz CT molecular complexity index is 873. The van der Waals surface area contributed by atoms with Gasteiger partial charge in [-0.25, -0.2) is 0 Å². The topological polar surface area (TPSA) is 80.0 Å². The van der Waals surface area contributed by atoms with Gasteiger partial charge in [0.1, 0.15) is 5.75 Å². The maximum atomic E-state index is 12.7. The Labute approximate surface area is 152 Å². The van der Waals surface area contributed by atoms with Gasteiger partial charge >= 0.3 is 0 Å². The molecule has 0 saturated carbocycles. The van der Waals surface area contributed by atoms with E-state index in [2.05, 4.69) is 0 Å². The zero-order valence-electron chi connectivity index (χ0n) is 15.0. The Hall–Kier alpha value is -3.15. The van der Waals surface area contributed by atoms with Gasteiger partial charge in [0, 0.05) is 5.56 Å². The summed E-state index contributed by atoms with van der Waals surface area (Å²) >= 11 is 0. The van der Waals surface area contributed by atoms with Crippen LogP contribution in [-0.2, 0) is 0 Å². The summed E-state index contributed by atoms with van der Waals surface area (Å²) in [4.78, 5) is 12.7. The number of ether oxygens (including phenoxy) is 4. The van der Waals surface area contributed by atoms with Crippen LogP contribution in [0.4, 0.5) is 5.69 Å². The van der Waals surface area contributed by atoms with E-state index in [-0.39, 0.29) is 12.6 Å². The molecule has 1 heterocycles. The highest BCUT2D eigenvalue weighted by Crippen LogP contribution is 2.42. The Balaban J connectivity index is 1.88. The van der Waals surface area contributed by atoms with Crippen LogP contribution >= 0.6 is 0 Å². The number of ketones is 1. The van der Waals surface area contributed by atoms with Crippen molar-refractivity contribution in [1.82, 2.24) is 0 Å². The second kappa shape index (κ2) is 7.39. The van der Waals surface area contributed by atoms with Gasteiger partial charge < -0.3 is 24.7 Å². The predicted octanol–water partition coefficient (Wildman–Crippen LogP) is 3.69. The van der Waals surface area contributed by atoms with Gasteiger partial charge in [-0.2, -0.15) is 0 Å². The van der Waals surface area contributed by atoms with Crippen molar-refractivity contribution in [2.75, 3.05) is 26.2 Å². The Kier molecular flexibility index (Phi) is 5.02. The van der Waals surface area contributed by atoms with Gasteiger partial charge in [-0.05, 0) is 61.4 Å². The number of hydrogen-bond donors (Lipinski definition) is 1. The lowest BCUT2D eigenvalue weighted by Crippen LogP contribution is -2.03. The fourth-order valence-corrected chi connectivity index (χ4v) is 2.75. The highest BCUT2D eigenvalue weighted by Gasteiger charge is 2.20. The average Bonchev–Trinajstić information content (AvgIpc) is 3.10. The van der Waals surface area contributed by atoms with Crippen molar-refractivity contribution in [3.05, 3.63) is 47.0 Å². The Morgan fingerprint density at radius 2 is 2.04 bits per heavy atom. The fourth-order valence-electron chi connectivity index (χ4n) is 2.75. The summed E-state index contributed by atoms with van der Waals surface area (Å²) in [5.41, 5.74) is 8.25. The second-order valence-electron chi connectivity index (χ2n) is 5.80. The number of carbonyl (C=O) groups excluding carboxylic acids is 1. The third-order valence-corrected chi connectivity index (χ3v) is 3.99. The van der Waals surface area contributed by atoms with Gasteiger partial charge in [0.25, 0.3) is 0 Å². The van der Waals surface area contributed by atoms with E-state index in [1.165, 1.54) is 0 Å². The van der Waals surface area contributed by atoms with Gasteiger partial charge in [-0.3, -0.25) is 4.79 Å². The lowest BCUT2D eigenvalue weighted by atomic mass is 10.0. The first-order valence-electron chi connectivity index (χ1n) is 8.26. The molecule has 0 saturated heterocycles. The second-order valence-corrected chi connectivity index (χ2v) is 5.80. The van der Waals surface area contributed by atoms with E-state index in [9.17, 15) is 4.79 Å². The number of nitrogen functional groups attached to an aromatic ring is 1. The Morgan fingerprint density at radius 1 is 1.23 bits per heavy atom. The molecule has 2 aromatic rings. The maximum absolute atomic E-state index is 12.7. The van der Waals surface area contributed by atoms with Crippen LogP contribution in [0.5, 0.6) is 23.0 Å². The maximum Gasteiger partial charge on any atom is 0.231 e. The summed E-state index contributed by atoms with van der Waals surface area (Å²) in [6, 6.07) is 8.67. The summed E-state index contributed by atoms with van der Waals surface area (Å²) < 4.78 is 21.5. The lowest BCUT2D eigenvalue weighted by molar-refractivity contribution is 0.103. The zero-order valence-corrected chi connectivity index (χ0v) is 15.0. The van der Waals surface area contributed by atoms with Crippen LogP contribution in [0.2, 0.25) is 0 Å². The summed E-state index contributed by atoms with van der Waals surface area (Å²) in [6.07, 6.45) is 1.78. The quantitative estimate of drug-likeness (QED) is 0.484. The van der Waals surface area contributed by atoms with Crippen LogP contribution in [0.25, 0.3) is 6.08 Å². The number of carbonyl (C=O) groups is 1. The van der Waals surface area contributed by atoms with Crippen molar-refractivity contribution in [2.45, 2.75) is 13.8 Å². The zero-order chi connectivity index (χ0) is 18.7. The Morgan fingerprint density at radius 3 is 2.73 bits per heavy atom. The number of methoxy groups -OCH3 is 1. The van der Waals surface area contributed by atoms with E-state index in [4.69, 9.17) is 24.7 Å². The van der Waals surface area contributed by atoms with Crippen LogP contribution in [0.3, 0.4) is 0 Å². The van der Waals surface area contributed by atoms with Crippen molar-refractivity contribution in [1.29, 1.82) is 0 Å². The van der Waals surface area contributed by atoms with Crippen molar-refractivity contribution in [2.24, 2.45) is 0 Å². The molecule has 136 valence electrons. The first kappa shape index (κ1) is 17.7. The molecule has 26 heavy (non-hydrogen) atoms. The van der Waals surface area contributed by atoms with Crippen molar-refractivity contribution in [3.8, 4) is 23.0 Å². The molecule has 0 radical (unpaired) electrons. The van der Waals surface area contributed by atoms with E-state index >= 15 is 0 Å². The molecular formula is C20H21NO5. The van der Waals surface area contributed by atoms with E-state index in [1.807, 2.05) is 13.0 Å². The number of rotatable bonds is 6. The van der Waals surface area contributed by atoms with Gasteiger partial charge in [0.2, 0.25) is 12.5 Å². The molecule has 6 heteroatoms. The molecule has 6 nitrogen and oxygen atoms in total. The van der Waals surface area contributed by atoms with Crippen LogP contribution in [0, 0.1) is 0 Å². The molecule has 0 aromatic heterocycles. The summed E-state index contributed by atoms with van der Waals surface area (Å²) in [5, 5.41) is 0. The fraction of sp³-hybridized carbons (Fsp3) is 0.250. The van der Waals surface area contributed by atoms with E-state index in [0.29, 0.717) is 46.4 Å². The van der Waals surface area contributed by atoms with Crippen molar-refractivity contribution >= 4 is 17.5 Å². The molecule has 0 amide bonds. The minimum atomic E-state index is -0.114. The van der Waals surface area contributed by atoms with Gasteiger partial charge in [0.05, 0.1) is 19.4 Å². The molecule has 0 bridgehead atoms. The number of nitrogens with two attached hydrogens (primary N) is 1. The summed E-state index contributed by atoms with van der Waals surface area (Å²) in [7, 11) is 1.56. The van der Waals surface area contributed by atoms with Crippen molar-refractivity contribution in [3.63, 3.8) is 0 Å². The van der Waals surface area contributed by atoms with E-state index in [1.54, 1.807) is 44.4 Å². The molecule has 0 spiro atoms. The highest BCUT2D eigenvalue weighted by molar-refractivity contribution is 6.11. The van der Waals surface area contributed by atoms with Crippen LogP contribution in [-0.4, -0.2) is 26.3 Å². The predicted molar refractivity (Wildman–Crippen MR) is 99.1 cm³/mol. The number of benzene rings is 2. The normalized spacial score (nSPS) is 12.8. The standard InChI is InChI=1S/C20H21NO5/c1-4-24-16-6-5-14(10-15(16)21)19(22)12(2)7-13-8-17(23-3)20-18(9-13)25-11-26-20/h5-10H,4,11,21H2,1-3H3/b12-7+.